The predicted molar refractivity (Wildman–Crippen MR) is 135 cm³/mol. The molecule has 0 radical (unpaired) electrons. The number of hydrogen-bond acceptors (Lipinski definition) is 7. The smallest absolute Gasteiger partial charge is 0.335 e. The van der Waals surface area contributed by atoms with E-state index in [1.54, 1.807) is 36.8 Å². The molecule has 5 aromatic rings. The highest BCUT2D eigenvalue weighted by Gasteiger charge is 2.10. The molecule has 0 aliphatic rings. The molecule has 0 atom stereocenters. The first-order valence-electron chi connectivity index (χ1n) is 10.9. The summed E-state index contributed by atoms with van der Waals surface area (Å²) in [4.78, 5) is 39.5. The van der Waals surface area contributed by atoms with Crippen molar-refractivity contribution in [3.05, 3.63) is 102 Å². The average Bonchev–Trinajstić information content (AvgIpc) is 3.33. The van der Waals surface area contributed by atoms with Gasteiger partial charge < -0.3 is 15.4 Å². The maximum Gasteiger partial charge on any atom is 0.335 e. The van der Waals surface area contributed by atoms with Gasteiger partial charge in [-0.2, -0.15) is 5.10 Å². The lowest BCUT2D eigenvalue weighted by molar-refractivity contribution is 0.0696. The molecule has 10 heteroatoms. The van der Waals surface area contributed by atoms with Crippen LogP contribution in [0.1, 0.15) is 26.4 Å². The number of aromatic carboxylic acids is 1. The summed E-state index contributed by atoms with van der Waals surface area (Å²) in [6, 6.07) is 19.1. The van der Waals surface area contributed by atoms with Gasteiger partial charge in [-0.05, 0) is 60.2 Å². The van der Waals surface area contributed by atoms with Gasteiger partial charge in [-0.1, -0.05) is 12.1 Å². The SMILES string of the molecule is O=C(O)c1ccc(/C=N/NC(=O)c2cc3cc(Nc4nccc(-c5cccnc5)n4)ccc3[nH]2)cc1. The van der Waals surface area contributed by atoms with Crippen LogP contribution in [-0.2, 0) is 0 Å². The molecule has 0 aliphatic heterocycles. The number of carbonyl (C=O) groups is 2. The molecule has 0 fully saturated rings. The minimum atomic E-state index is -1.00. The summed E-state index contributed by atoms with van der Waals surface area (Å²) >= 11 is 0. The molecule has 4 N–H and O–H groups in total. The number of carboxylic acids is 1. The minimum absolute atomic E-state index is 0.177. The summed E-state index contributed by atoms with van der Waals surface area (Å²) in [5.74, 6) is -0.976. The molecule has 5 rings (SSSR count). The number of amides is 1. The van der Waals surface area contributed by atoms with Crippen LogP contribution >= 0.6 is 0 Å². The normalized spacial score (nSPS) is 11.0. The Balaban J connectivity index is 1.27. The van der Waals surface area contributed by atoms with Crippen LogP contribution in [0.3, 0.4) is 0 Å². The van der Waals surface area contributed by atoms with Gasteiger partial charge in [-0.15, -0.1) is 0 Å². The number of nitrogens with one attached hydrogen (secondary N) is 3. The molecule has 0 saturated carbocycles. The Bertz CT molecular complexity index is 1580. The molecule has 0 spiro atoms. The van der Waals surface area contributed by atoms with Crippen LogP contribution in [0.4, 0.5) is 11.6 Å². The summed E-state index contributed by atoms with van der Waals surface area (Å²) in [5.41, 5.74) is 6.82. The van der Waals surface area contributed by atoms with Gasteiger partial charge in [0.05, 0.1) is 17.5 Å². The molecule has 0 unspecified atom stereocenters. The number of carbonyl (C=O) groups excluding carboxylic acids is 1. The van der Waals surface area contributed by atoms with E-state index >= 15 is 0 Å². The van der Waals surface area contributed by atoms with Crippen LogP contribution < -0.4 is 10.7 Å². The summed E-state index contributed by atoms with van der Waals surface area (Å²) in [7, 11) is 0. The maximum atomic E-state index is 12.5. The van der Waals surface area contributed by atoms with Crippen LogP contribution in [0.25, 0.3) is 22.2 Å². The van der Waals surface area contributed by atoms with Gasteiger partial charge in [0.15, 0.2) is 0 Å². The predicted octanol–water partition coefficient (Wildman–Crippen LogP) is 4.23. The topological polar surface area (TPSA) is 145 Å². The van der Waals surface area contributed by atoms with E-state index in [4.69, 9.17) is 5.11 Å². The molecule has 176 valence electrons. The Morgan fingerprint density at radius 2 is 1.86 bits per heavy atom. The van der Waals surface area contributed by atoms with Gasteiger partial charge in [-0.25, -0.2) is 20.2 Å². The van der Waals surface area contributed by atoms with Crippen molar-refractivity contribution in [2.45, 2.75) is 0 Å². The number of hydrazone groups is 1. The third-order valence-electron chi connectivity index (χ3n) is 5.27. The standard InChI is InChI=1S/C26H19N7O3/c34-24(33-29-14-16-3-5-17(6-4-16)25(35)36)23-13-19-12-20(7-8-21(19)31-23)30-26-28-11-9-22(32-26)18-2-1-10-27-15-18/h1-15,31H,(H,33,34)(H,35,36)(H,28,30,32)/b29-14+. The monoisotopic (exact) mass is 477 g/mol. The number of benzene rings is 2. The second-order valence-electron chi connectivity index (χ2n) is 7.74. The number of pyridine rings is 1. The zero-order valence-electron chi connectivity index (χ0n) is 18.7. The zero-order chi connectivity index (χ0) is 24.9. The molecule has 3 aromatic heterocycles. The fourth-order valence-corrected chi connectivity index (χ4v) is 3.49. The number of nitrogens with zero attached hydrogens (tertiary/aromatic N) is 4. The summed E-state index contributed by atoms with van der Waals surface area (Å²) in [6.07, 6.45) is 6.56. The van der Waals surface area contributed by atoms with Gasteiger partial charge in [0.2, 0.25) is 5.95 Å². The molecule has 3 heterocycles. The average molecular weight is 477 g/mol. The van der Waals surface area contributed by atoms with Gasteiger partial charge in [0, 0.05) is 40.7 Å². The Labute approximate surface area is 204 Å². The Hall–Kier alpha value is -5.38. The van der Waals surface area contributed by atoms with Crippen LogP contribution in [0.5, 0.6) is 0 Å². The lowest BCUT2D eigenvalue weighted by Gasteiger charge is -2.06. The van der Waals surface area contributed by atoms with Crippen LogP contribution in [0.15, 0.2) is 90.4 Å². The van der Waals surface area contributed by atoms with Crippen LogP contribution in [0.2, 0.25) is 0 Å². The Morgan fingerprint density at radius 3 is 2.64 bits per heavy atom. The summed E-state index contributed by atoms with van der Waals surface area (Å²) in [6.45, 7) is 0. The highest BCUT2D eigenvalue weighted by molar-refractivity contribution is 5.99. The van der Waals surface area contributed by atoms with E-state index in [0.717, 1.165) is 27.8 Å². The van der Waals surface area contributed by atoms with E-state index in [2.05, 4.69) is 35.8 Å². The molecule has 2 aromatic carbocycles. The van der Waals surface area contributed by atoms with Crippen molar-refractivity contribution in [3.8, 4) is 11.3 Å². The lowest BCUT2D eigenvalue weighted by Crippen LogP contribution is -2.17. The van der Waals surface area contributed by atoms with Crippen molar-refractivity contribution in [3.63, 3.8) is 0 Å². The van der Waals surface area contributed by atoms with Gasteiger partial charge in [-0.3, -0.25) is 9.78 Å². The number of carboxylic acid groups (broad SMARTS) is 1. The van der Waals surface area contributed by atoms with E-state index in [9.17, 15) is 9.59 Å². The quantitative estimate of drug-likeness (QED) is 0.203. The fourth-order valence-electron chi connectivity index (χ4n) is 3.49. The molecule has 10 nitrogen and oxygen atoms in total. The Kier molecular flexibility index (Phi) is 6.14. The summed E-state index contributed by atoms with van der Waals surface area (Å²) in [5, 5.41) is 16.9. The van der Waals surface area contributed by atoms with Crippen molar-refractivity contribution >= 4 is 40.6 Å². The van der Waals surface area contributed by atoms with Crippen molar-refractivity contribution in [1.29, 1.82) is 0 Å². The second kappa shape index (κ2) is 9.85. The third-order valence-corrected chi connectivity index (χ3v) is 5.27. The van der Waals surface area contributed by atoms with Crippen molar-refractivity contribution in [1.82, 2.24) is 25.4 Å². The lowest BCUT2D eigenvalue weighted by atomic mass is 10.1. The molecule has 1 amide bonds. The van der Waals surface area contributed by atoms with Crippen molar-refractivity contribution in [2.75, 3.05) is 5.32 Å². The second-order valence-corrected chi connectivity index (χ2v) is 7.74. The van der Waals surface area contributed by atoms with Gasteiger partial charge in [0.1, 0.15) is 5.69 Å². The minimum Gasteiger partial charge on any atom is -0.478 e. The van der Waals surface area contributed by atoms with E-state index in [1.165, 1.54) is 18.3 Å². The fraction of sp³-hybridized carbons (Fsp3) is 0. The van der Waals surface area contributed by atoms with E-state index in [-0.39, 0.29) is 5.56 Å². The van der Waals surface area contributed by atoms with E-state index < -0.39 is 11.9 Å². The zero-order valence-corrected chi connectivity index (χ0v) is 18.7. The van der Waals surface area contributed by atoms with E-state index in [0.29, 0.717) is 17.2 Å². The number of hydrogen-bond donors (Lipinski definition) is 4. The molecule has 0 bridgehead atoms. The number of anilines is 2. The molecule has 0 saturated heterocycles. The Morgan fingerprint density at radius 1 is 1.00 bits per heavy atom. The molecular weight excluding hydrogens is 458 g/mol. The third kappa shape index (κ3) is 5.07. The highest BCUT2D eigenvalue weighted by atomic mass is 16.4. The highest BCUT2D eigenvalue weighted by Crippen LogP contribution is 2.23. The van der Waals surface area contributed by atoms with Crippen molar-refractivity contribution in [2.24, 2.45) is 5.10 Å². The molecule has 0 aliphatic carbocycles. The number of aromatic nitrogens is 4. The number of H-pyrrole nitrogens is 1. The maximum absolute atomic E-state index is 12.5. The molecule has 36 heavy (non-hydrogen) atoms. The molecular formula is C26H19N7O3. The van der Waals surface area contributed by atoms with E-state index in [1.807, 2.05) is 36.4 Å². The number of fused-ring (bicyclic) bond motifs is 1. The van der Waals surface area contributed by atoms with Gasteiger partial charge >= 0.3 is 5.97 Å². The van der Waals surface area contributed by atoms with Gasteiger partial charge in [0.25, 0.3) is 5.91 Å². The first-order valence-corrected chi connectivity index (χ1v) is 10.9. The van der Waals surface area contributed by atoms with Crippen LogP contribution in [0, 0.1) is 0 Å². The summed E-state index contributed by atoms with van der Waals surface area (Å²) < 4.78 is 0. The first-order chi connectivity index (χ1) is 17.5. The first kappa shape index (κ1) is 22.4. The largest absolute Gasteiger partial charge is 0.478 e. The van der Waals surface area contributed by atoms with Crippen molar-refractivity contribution < 1.29 is 14.7 Å². The number of rotatable bonds is 7. The number of aromatic amines is 1. The van der Waals surface area contributed by atoms with Crippen LogP contribution in [-0.4, -0.2) is 43.1 Å².